The van der Waals surface area contributed by atoms with Crippen molar-refractivity contribution in [3.63, 3.8) is 0 Å². The number of anilines is 2. The molecule has 31 heavy (non-hydrogen) atoms. The van der Waals surface area contributed by atoms with E-state index in [0.717, 1.165) is 50.6 Å². The van der Waals surface area contributed by atoms with Crippen molar-refractivity contribution in [1.82, 2.24) is 9.80 Å². The quantitative estimate of drug-likeness (QED) is 0.410. The van der Waals surface area contributed by atoms with Gasteiger partial charge in [0.15, 0.2) is 0 Å². The molecule has 0 radical (unpaired) electrons. The van der Waals surface area contributed by atoms with Crippen LogP contribution in [-0.4, -0.2) is 67.0 Å². The van der Waals surface area contributed by atoms with Gasteiger partial charge in [-0.1, -0.05) is 12.2 Å². The Morgan fingerprint density at radius 3 is 2.26 bits per heavy atom. The maximum Gasteiger partial charge on any atom is 0.233 e. The summed E-state index contributed by atoms with van der Waals surface area (Å²) in [5.74, 6) is 0.660. The Hall–Kier alpha value is -2.54. The molecule has 1 aromatic carbocycles. The van der Waals surface area contributed by atoms with Crippen LogP contribution in [0.1, 0.15) is 33.1 Å². The highest BCUT2D eigenvalue weighted by molar-refractivity contribution is 6.05. The van der Waals surface area contributed by atoms with Crippen LogP contribution in [0.3, 0.4) is 0 Å². The normalized spacial score (nSPS) is 24.2. The van der Waals surface area contributed by atoms with Gasteiger partial charge in [-0.2, -0.15) is 0 Å². The molecule has 2 N–H and O–H groups in total. The zero-order valence-corrected chi connectivity index (χ0v) is 18.6. The Balaban J connectivity index is 1.26. The second kappa shape index (κ2) is 9.30. The smallest absolute Gasteiger partial charge is 0.233 e. The average molecular weight is 427 g/mol. The first-order chi connectivity index (χ1) is 14.9. The standard InChI is InChI=1S/C24H34N4O3/c1-17(2)31-22-16-18(25)8-9-21(22)27-14-12-26(13-15-27)10-5-11-28-23(29)19-6-3-4-7-20(19)24(28)30/h3-4,8-9,16-17,19-20H,5-7,10-15,25H2,1-2H3. The molecule has 0 bridgehead atoms. The highest BCUT2D eigenvalue weighted by Crippen LogP contribution is 2.35. The second-order valence-electron chi connectivity index (χ2n) is 9.06. The van der Waals surface area contributed by atoms with E-state index >= 15 is 0 Å². The Morgan fingerprint density at radius 2 is 1.65 bits per heavy atom. The number of likely N-dealkylation sites (tertiary alicyclic amines) is 1. The second-order valence-corrected chi connectivity index (χ2v) is 9.06. The Morgan fingerprint density at radius 1 is 1.00 bits per heavy atom. The number of piperazine rings is 1. The SMILES string of the molecule is CC(C)Oc1cc(N)ccc1N1CCN(CCCN2C(=O)C3CC=CCC3C2=O)CC1. The molecule has 1 aromatic rings. The fourth-order valence-electron chi connectivity index (χ4n) is 4.89. The number of nitrogen functional groups attached to an aromatic ring is 1. The van der Waals surface area contributed by atoms with Gasteiger partial charge in [-0.15, -0.1) is 0 Å². The van der Waals surface area contributed by atoms with E-state index < -0.39 is 0 Å². The number of fused-ring (bicyclic) bond motifs is 1. The minimum Gasteiger partial charge on any atom is -0.489 e. The number of nitrogens with zero attached hydrogens (tertiary/aromatic N) is 3. The monoisotopic (exact) mass is 426 g/mol. The van der Waals surface area contributed by atoms with Crippen molar-refractivity contribution in [3.8, 4) is 5.75 Å². The third kappa shape index (κ3) is 4.71. The molecule has 1 aliphatic carbocycles. The van der Waals surface area contributed by atoms with E-state index in [-0.39, 0.29) is 29.8 Å². The fourth-order valence-corrected chi connectivity index (χ4v) is 4.89. The number of carbonyl (C=O) groups excluding carboxylic acids is 2. The van der Waals surface area contributed by atoms with Gasteiger partial charge in [-0.05, 0) is 51.8 Å². The fraction of sp³-hybridized carbons (Fsp3) is 0.583. The van der Waals surface area contributed by atoms with Gasteiger partial charge >= 0.3 is 0 Å². The number of hydrogen-bond acceptors (Lipinski definition) is 6. The van der Waals surface area contributed by atoms with Gasteiger partial charge in [0, 0.05) is 44.5 Å². The summed E-state index contributed by atoms with van der Waals surface area (Å²) in [5, 5.41) is 0. The molecule has 2 saturated heterocycles. The molecule has 2 amide bonds. The zero-order chi connectivity index (χ0) is 22.0. The van der Waals surface area contributed by atoms with Crippen LogP contribution in [0.4, 0.5) is 11.4 Å². The van der Waals surface area contributed by atoms with Gasteiger partial charge in [0.25, 0.3) is 0 Å². The molecule has 2 unspecified atom stereocenters. The molecule has 2 heterocycles. The lowest BCUT2D eigenvalue weighted by Gasteiger charge is -2.37. The predicted octanol–water partition coefficient (Wildman–Crippen LogP) is 2.52. The van der Waals surface area contributed by atoms with Crippen LogP contribution >= 0.6 is 0 Å². The first kappa shape index (κ1) is 21.7. The van der Waals surface area contributed by atoms with Gasteiger partial charge in [0.05, 0.1) is 23.6 Å². The molecule has 2 fully saturated rings. The van der Waals surface area contributed by atoms with Gasteiger partial charge in [-0.3, -0.25) is 19.4 Å². The Labute approximate surface area is 184 Å². The van der Waals surface area contributed by atoms with Crippen LogP contribution in [0.5, 0.6) is 5.75 Å². The number of benzene rings is 1. The highest BCUT2D eigenvalue weighted by Gasteiger charge is 2.46. The van der Waals surface area contributed by atoms with Crippen molar-refractivity contribution in [3.05, 3.63) is 30.4 Å². The summed E-state index contributed by atoms with van der Waals surface area (Å²) in [4.78, 5) is 31.5. The van der Waals surface area contributed by atoms with E-state index in [1.807, 2.05) is 44.2 Å². The average Bonchev–Trinajstić information content (AvgIpc) is 2.99. The van der Waals surface area contributed by atoms with Crippen LogP contribution in [-0.2, 0) is 9.59 Å². The summed E-state index contributed by atoms with van der Waals surface area (Å²) >= 11 is 0. The van der Waals surface area contributed by atoms with E-state index in [1.54, 1.807) is 0 Å². The van der Waals surface area contributed by atoms with Crippen LogP contribution in [0.25, 0.3) is 0 Å². The van der Waals surface area contributed by atoms with Crippen LogP contribution in [0.2, 0.25) is 0 Å². The lowest BCUT2D eigenvalue weighted by atomic mass is 9.85. The van der Waals surface area contributed by atoms with Gasteiger partial charge in [-0.25, -0.2) is 0 Å². The van der Waals surface area contributed by atoms with Gasteiger partial charge in [0.1, 0.15) is 5.75 Å². The number of hydrogen-bond donors (Lipinski definition) is 1. The van der Waals surface area contributed by atoms with Crippen molar-refractivity contribution >= 4 is 23.2 Å². The van der Waals surface area contributed by atoms with E-state index in [1.165, 1.54) is 4.90 Å². The highest BCUT2D eigenvalue weighted by atomic mass is 16.5. The molecule has 3 aliphatic rings. The molecule has 168 valence electrons. The van der Waals surface area contributed by atoms with Crippen LogP contribution in [0.15, 0.2) is 30.4 Å². The van der Waals surface area contributed by atoms with Crippen molar-refractivity contribution in [2.75, 3.05) is 49.9 Å². The molecule has 0 saturated carbocycles. The molecule has 4 rings (SSSR count). The first-order valence-electron chi connectivity index (χ1n) is 11.5. The minimum absolute atomic E-state index is 0.0326. The number of amides is 2. The van der Waals surface area contributed by atoms with E-state index in [0.29, 0.717) is 25.1 Å². The summed E-state index contributed by atoms with van der Waals surface area (Å²) in [6.07, 6.45) is 6.41. The number of nitrogens with two attached hydrogens (primary N) is 1. The maximum atomic E-state index is 12.6. The van der Waals surface area contributed by atoms with Crippen molar-refractivity contribution in [2.45, 2.75) is 39.2 Å². The van der Waals surface area contributed by atoms with Crippen molar-refractivity contribution in [2.24, 2.45) is 11.8 Å². The topological polar surface area (TPSA) is 79.1 Å². The lowest BCUT2D eigenvalue weighted by Crippen LogP contribution is -2.47. The Bertz CT molecular complexity index is 819. The summed E-state index contributed by atoms with van der Waals surface area (Å²) in [6, 6.07) is 5.87. The largest absolute Gasteiger partial charge is 0.489 e. The van der Waals surface area contributed by atoms with Gasteiger partial charge < -0.3 is 15.4 Å². The molecule has 2 atom stereocenters. The summed E-state index contributed by atoms with van der Waals surface area (Å²) in [6.45, 7) is 9.19. The third-order valence-corrected chi connectivity index (χ3v) is 6.51. The van der Waals surface area contributed by atoms with E-state index in [2.05, 4.69) is 9.80 Å². The number of allylic oxidation sites excluding steroid dienone is 2. The third-order valence-electron chi connectivity index (χ3n) is 6.51. The predicted molar refractivity (Wildman–Crippen MR) is 122 cm³/mol. The number of carbonyl (C=O) groups is 2. The lowest BCUT2D eigenvalue weighted by molar-refractivity contribution is -0.140. The number of rotatable bonds is 7. The Kier molecular flexibility index (Phi) is 6.51. The van der Waals surface area contributed by atoms with E-state index in [4.69, 9.17) is 10.5 Å². The number of imide groups is 1. The molecular formula is C24H34N4O3. The van der Waals surface area contributed by atoms with Crippen molar-refractivity contribution < 1.29 is 14.3 Å². The van der Waals surface area contributed by atoms with Crippen LogP contribution in [0, 0.1) is 11.8 Å². The first-order valence-corrected chi connectivity index (χ1v) is 11.5. The minimum atomic E-state index is -0.122. The van der Waals surface area contributed by atoms with Crippen LogP contribution < -0.4 is 15.4 Å². The zero-order valence-electron chi connectivity index (χ0n) is 18.6. The molecule has 0 aromatic heterocycles. The van der Waals surface area contributed by atoms with Crippen molar-refractivity contribution in [1.29, 1.82) is 0 Å². The summed E-state index contributed by atoms with van der Waals surface area (Å²) in [7, 11) is 0. The molecule has 7 nitrogen and oxygen atoms in total. The molecule has 7 heteroatoms. The maximum absolute atomic E-state index is 12.6. The van der Waals surface area contributed by atoms with E-state index in [9.17, 15) is 9.59 Å². The summed E-state index contributed by atoms with van der Waals surface area (Å²) in [5.41, 5.74) is 7.76. The molecule has 2 aliphatic heterocycles. The summed E-state index contributed by atoms with van der Waals surface area (Å²) < 4.78 is 5.98. The van der Waals surface area contributed by atoms with Gasteiger partial charge in [0.2, 0.25) is 11.8 Å². The number of ether oxygens (including phenoxy) is 1. The molecule has 0 spiro atoms. The molecular weight excluding hydrogens is 392 g/mol.